The van der Waals surface area contributed by atoms with Crippen molar-refractivity contribution in [1.82, 2.24) is 4.98 Å². The number of hydrogen-bond acceptors (Lipinski definition) is 2. The molecule has 0 aliphatic carbocycles. The number of nitrogens with zero attached hydrogens (tertiary/aromatic N) is 1. The van der Waals surface area contributed by atoms with Gasteiger partial charge >= 0.3 is 0 Å². The van der Waals surface area contributed by atoms with Gasteiger partial charge in [0.2, 0.25) is 0 Å². The summed E-state index contributed by atoms with van der Waals surface area (Å²) in [4.78, 5) is 4.50. The summed E-state index contributed by atoms with van der Waals surface area (Å²) in [6.45, 7) is 6.62. The lowest BCUT2D eigenvalue weighted by molar-refractivity contribution is 0.594. The third kappa shape index (κ3) is 3.25. The van der Waals surface area contributed by atoms with Crippen LogP contribution in [0.1, 0.15) is 45.1 Å². The first-order valence-electron chi connectivity index (χ1n) is 7.37. The van der Waals surface area contributed by atoms with Crippen molar-refractivity contribution in [1.29, 1.82) is 0 Å². The van der Waals surface area contributed by atoms with Crippen LogP contribution in [0.3, 0.4) is 0 Å². The summed E-state index contributed by atoms with van der Waals surface area (Å²) < 4.78 is 0. The summed E-state index contributed by atoms with van der Waals surface area (Å²) in [5.74, 6) is 0. The topological polar surface area (TPSA) is 24.9 Å². The molecule has 0 saturated carbocycles. The maximum Gasteiger partial charge on any atom is 0.0751 e. The van der Waals surface area contributed by atoms with Crippen LogP contribution in [-0.2, 0) is 0 Å². The van der Waals surface area contributed by atoms with Gasteiger partial charge in [0.25, 0.3) is 0 Å². The fourth-order valence-electron chi connectivity index (χ4n) is 2.49. The third-order valence-corrected chi connectivity index (χ3v) is 3.73. The molecule has 0 fully saturated rings. The van der Waals surface area contributed by atoms with Gasteiger partial charge in [-0.3, -0.25) is 4.98 Å². The molecule has 2 rings (SSSR count). The summed E-state index contributed by atoms with van der Waals surface area (Å²) >= 11 is 0. The second kappa shape index (κ2) is 6.55. The molecule has 0 aliphatic heterocycles. The van der Waals surface area contributed by atoms with Gasteiger partial charge in [0.05, 0.1) is 5.52 Å². The number of aromatic nitrogens is 1. The van der Waals surface area contributed by atoms with Crippen molar-refractivity contribution in [2.24, 2.45) is 0 Å². The van der Waals surface area contributed by atoms with E-state index in [1.54, 1.807) is 0 Å². The van der Waals surface area contributed by atoms with Crippen molar-refractivity contribution in [2.75, 3.05) is 5.32 Å². The smallest absolute Gasteiger partial charge is 0.0751 e. The van der Waals surface area contributed by atoms with Gasteiger partial charge in [-0.05, 0) is 43.5 Å². The van der Waals surface area contributed by atoms with Crippen LogP contribution in [0, 0.1) is 6.92 Å². The Morgan fingerprint density at radius 1 is 1.21 bits per heavy atom. The molecule has 0 saturated heterocycles. The number of hydrogen-bond donors (Lipinski definition) is 1. The fourth-order valence-corrected chi connectivity index (χ4v) is 2.49. The molecule has 0 radical (unpaired) electrons. The Morgan fingerprint density at radius 3 is 2.79 bits per heavy atom. The maximum absolute atomic E-state index is 4.50. The van der Waals surface area contributed by atoms with Crippen LogP contribution >= 0.6 is 0 Å². The monoisotopic (exact) mass is 256 g/mol. The summed E-state index contributed by atoms with van der Waals surface area (Å²) in [7, 11) is 0. The quantitative estimate of drug-likeness (QED) is 0.793. The van der Waals surface area contributed by atoms with E-state index >= 15 is 0 Å². The SMILES string of the molecule is CCCCC(CC)Nc1ccc(C)c2ncccc12. The normalized spacial score (nSPS) is 12.6. The van der Waals surface area contributed by atoms with Gasteiger partial charge in [-0.25, -0.2) is 0 Å². The molecule has 0 amide bonds. The van der Waals surface area contributed by atoms with E-state index in [2.05, 4.69) is 49.3 Å². The van der Waals surface area contributed by atoms with Crippen LogP contribution in [0.15, 0.2) is 30.5 Å². The maximum atomic E-state index is 4.50. The molecular formula is C17H24N2. The van der Waals surface area contributed by atoms with Crippen molar-refractivity contribution >= 4 is 16.6 Å². The van der Waals surface area contributed by atoms with Crippen LogP contribution in [0.2, 0.25) is 0 Å². The Hall–Kier alpha value is -1.57. The van der Waals surface area contributed by atoms with E-state index in [-0.39, 0.29) is 0 Å². The first-order chi connectivity index (χ1) is 9.26. The van der Waals surface area contributed by atoms with E-state index < -0.39 is 0 Å². The molecule has 1 aromatic carbocycles. The summed E-state index contributed by atoms with van der Waals surface area (Å²) in [5.41, 5.74) is 3.57. The number of pyridine rings is 1. The molecule has 1 heterocycles. The van der Waals surface area contributed by atoms with E-state index in [0.717, 1.165) is 11.9 Å². The van der Waals surface area contributed by atoms with Crippen molar-refractivity contribution in [3.05, 3.63) is 36.0 Å². The molecule has 2 aromatic rings. The molecule has 0 aliphatic rings. The van der Waals surface area contributed by atoms with Gasteiger partial charge < -0.3 is 5.32 Å². The average molecular weight is 256 g/mol. The van der Waals surface area contributed by atoms with Crippen LogP contribution in [0.4, 0.5) is 5.69 Å². The molecular weight excluding hydrogens is 232 g/mol. The predicted molar refractivity (Wildman–Crippen MR) is 83.7 cm³/mol. The highest BCUT2D eigenvalue weighted by Crippen LogP contribution is 2.26. The van der Waals surface area contributed by atoms with Gasteiger partial charge in [0.15, 0.2) is 0 Å². The third-order valence-electron chi connectivity index (χ3n) is 3.73. The molecule has 2 heteroatoms. The Bertz CT molecular complexity index is 534. The Morgan fingerprint density at radius 2 is 2.05 bits per heavy atom. The van der Waals surface area contributed by atoms with Crippen LogP contribution < -0.4 is 5.32 Å². The predicted octanol–water partition coefficient (Wildman–Crippen LogP) is 4.92. The zero-order valence-corrected chi connectivity index (χ0v) is 12.2. The number of nitrogens with one attached hydrogen (secondary N) is 1. The summed E-state index contributed by atoms with van der Waals surface area (Å²) in [5, 5.41) is 4.93. The Kier molecular flexibility index (Phi) is 4.78. The Balaban J connectivity index is 2.27. The molecule has 19 heavy (non-hydrogen) atoms. The Labute approximate surface area is 116 Å². The highest BCUT2D eigenvalue weighted by molar-refractivity contribution is 5.93. The fraction of sp³-hybridized carbons (Fsp3) is 0.471. The highest BCUT2D eigenvalue weighted by Gasteiger charge is 2.09. The lowest BCUT2D eigenvalue weighted by atomic mass is 10.0. The highest BCUT2D eigenvalue weighted by atomic mass is 14.9. The van der Waals surface area contributed by atoms with E-state index in [1.165, 1.54) is 35.9 Å². The number of anilines is 1. The lowest BCUT2D eigenvalue weighted by Crippen LogP contribution is -2.18. The van der Waals surface area contributed by atoms with Crippen molar-refractivity contribution in [3.63, 3.8) is 0 Å². The van der Waals surface area contributed by atoms with Crippen molar-refractivity contribution < 1.29 is 0 Å². The minimum atomic E-state index is 0.561. The standard InChI is InChI=1S/C17H24N2/c1-4-6-8-14(5-2)19-16-11-10-13(3)17-15(16)9-7-12-18-17/h7,9-12,14,19H,4-6,8H2,1-3H3. The largest absolute Gasteiger partial charge is 0.382 e. The molecule has 102 valence electrons. The lowest BCUT2D eigenvalue weighted by Gasteiger charge is -2.19. The number of benzene rings is 1. The van der Waals surface area contributed by atoms with Gasteiger partial charge in [-0.1, -0.05) is 32.8 Å². The zero-order valence-electron chi connectivity index (χ0n) is 12.2. The minimum Gasteiger partial charge on any atom is -0.382 e. The first-order valence-corrected chi connectivity index (χ1v) is 7.37. The van der Waals surface area contributed by atoms with Crippen LogP contribution in [-0.4, -0.2) is 11.0 Å². The molecule has 0 bridgehead atoms. The van der Waals surface area contributed by atoms with E-state index in [1.807, 2.05) is 12.3 Å². The number of aryl methyl sites for hydroxylation is 1. The molecule has 0 spiro atoms. The van der Waals surface area contributed by atoms with E-state index in [0.29, 0.717) is 6.04 Å². The van der Waals surface area contributed by atoms with Crippen LogP contribution in [0.5, 0.6) is 0 Å². The van der Waals surface area contributed by atoms with Gasteiger partial charge in [0.1, 0.15) is 0 Å². The second-order valence-corrected chi connectivity index (χ2v) is 5.22. The zero-order chi connectivity index (χ0) is 13.7. The second-order valence-electron chi connectivity index (χ2n) is 5.22. The van der Waals surface area contributed by atoms with Gasteiger partial charge in [-0.2, -0.15) is 0 Å². The molecule has 2 nitrogen and oxygen atoms in total. The minimum absolute atomic E-state index is 0.561. The van der Waals surface area contributed by atoms with Crippen molar-refractivity contribution in [3.8, 4) is 0 Å². The summed E-state index contributed by atoms with van der Waals surface area (Å²) in [6, 6.07) is 9.08. The first kappa shape index (κ1) is 13.9. The van der Waals surface area contributed by atoms with Gasteiger partial charge in [0, 0.05) is 23.3 Å². The number of rotatable bonds is 6. The van der Waals surface area contributed by atoms with Crippen molar-refractivity contribution in [2.45, 2.75) is 52.5 Å². The molecule has 1 atom stereocenters. The summed E-state index contributed by atoms with van der Waals surface area (Å²) in [6.07, 6.45) is 6.81. The van der Waals surface area contributed by atoms with E-state index in [9.17, 15) is 0 Å². The molecule has 1 unspecified atom stereocenters. The molecule has 1 aromatic heterocycles. The van der Waals surface area contributed by atoms with Gasteiger partial charge in [-0.15, -0.1) is 0 Å². The van der Waals surface area contributed by atoms with E-state index in [4.69, 9.17) is 0 Å². The number of unbranched alkanes of at least 4 members (excludes halogenated alkanes) is 1. The average Bonchev–Trinajstić information content (AvgIpc) is 2.46. The van der Waals surface area contributed by atoms with Crippen LogP contribution in [0.25, 0.3) is 10.9 Å². The number of fused-ring (bicyclic) bond motifs is 1. The molecule has 1 N–H and O–H groups in total.